The Labute approximate surface area is 282 Å². The Kier molecular flexibility index (Phi) is 43.4. The monoisotopic (exact) mass is 665 g/mol. The number of hydrogen-bond acceptors (Lipinski definition) is 10. The highest BCUT2D eigenvalue weighted by molar-refractivity contribution is 4.50. The molecule has 0 aromatic carbocycles. The van der Waals surface area contributed by atoms with Crippen LogP contribution in [0.15, 0.2) is 12.8 Å². The SMILES string of the molecule is C=COCCOCCOCCOCCOCCOCCOCCOCCOCCOCCCCCCCCCCCCCCCC. The molecule has 0 rings (SSSR count). The smallest absolute Gasteiger partial charge is 0.111 e. The molecule has 0 aliphatic heterocycles. The molecule has 0 spiro atoms. The highest BCUT2D eigenvalue weighted by Crippen LogP contribution is 2.13. The second kappa shape index (κ2) is 44.2. The highest BCUT2D eigenvalue weighted by atomic mass is 16.6. The Balaban J connectivity index is 3.03. The molecule has 46 heavy (non-hydrogen) atoms. The summed E-state index contributed by atoms with van der Waals surface area (Å²) in [5.41, 5.74) is 0. The van der Waals surface area contributed by atoms with Crippen molar-refractivity contribution in [2.24, 2.45) is 0 Å². The predicted molar refractivity (Wildman–Crippen MR) is 184 cm³/mol. The fourth-order valence-corrected chi connectivity index (χ4v) is 4.45. The van der Waals surface area contributed by atoms with Crippen molar-refractivity contribution < 1.29 is 47.4 Å². The largest absolute Gasteiger partial charge is 0.499 e. The second-order valence-corrected chi connectivity index (χ2v) is 11.1. The summed E-state index contributed by atoms with van der Waals surface area (Å²) in [6.45, 7) is 16.4. The van der Waals surface area contributed by atoms with Crippen LogP contribution >= 0.6 is 0 Å². The van der Waals surface area contributed by atoms with E-state index in [2.05, 4.69) is 13.5 Å². The maximum Gasteiger partial charge on any atom is 0.111 e. The summed E-state index contributed by atoms with van der Waals surface area (Å²) in [7, 11) is 0. The molecule has 0 bridgehead atoms. The molecule has 0 saturated carbocycles. The third-order valence-electron chi connectivity index (χ3n) is 7.08. The molecule has 0 saturated heterocycles. The second-order valence-electron chi connectivity index (χ2n) is 11.1. The van der Waals surface area contributed by atoms with E-state index in [0.717, 1.165) is 13.0 Å². The molecule has 0 atom stereocenters. The molecule has 0 aliphatic rings. The van der Waals surface area contributed by atoms with Gasteiger partial charge in [0.15, 0.2) is 0 Å². The molecule has 0 unspecified atom stereocenters. The number of ether oxygens (including phenoxy) is 10. The van der Waals surface area contributed by atoms with E-state index in [1.165, 1.54) is 89.7 Å². The van der Waals surface area contributed by atoms with Gasteiger partial charge in [-0.1, -0.05) is 97.0 Å². The minimum atomic E-state index is 0.508. The normalized spacial score (nSPS) is 11.4. The average Bonchev–Trinajstić information content (AvgIpc) is 3.07. The maximum atomic E-state index is 5.68. The molecular formula is C36H72O10. The first kappa shape index (κ1) is 45.2. The minimum absolute atomic E-state index is 0.508. The molecule has 10 nitrogen and oxygen atoms in total. The first-order valence-corrected chi connectivity index (χ1v) is 18.3. The lowest BCUT2D eigenvalue weighted by molar-refractivity contribution is -0.0256. The van der Waals surface area contributed by atoms with Gasteiger partial charge in [-0.05, 0) is 6.42 Å². The van der Waals surface area contributed by atoms with Crippen LogP contribution in [0.25, 0.3) is 0 Å². The lowest BCUT2D eigenvalue weighted by Gasteiger charge is -2.09. The van der Waals surface area contributed by atoms with Crippen LogP contribution in [0.5, 0.6) is 0 Å². The van der Waals surface area contributed by atoms with Gasteiger partial charge >= 0.3 is 0 Å². The van der Waals surface area contributed by atoms with Crippen LogP contribution in [-0.4, -0.2) is 126 Å². The van der Waals surface area contributed by atoms with E-state index < -0.39 is 0 Å². The molecule has 0 fully saturated rings. The third-order valence-corrected chi connectivity index (χ3v) is 7.08. The summed E-state index contributed by atoms with van der Waals surface area (Å²) in [5, 5.41) is 0. The van der Waals surface area contributed by atoms with E-state index >= 15 is 0 Å². The molecular weight excluding hydrogens is 592 g/mol. The Morgan fingerprint density at radius 2 is 0.500 bits per heavy atom. The zero-order chi connectivity index (χ0) is 33.1. The highest BCUT2D eigenvalue weighted by Gasteiger charge is 1.97. The van der Waals surface area contributed by atoms with Gasteiger partial charge in [-0.2, -0.15) is 0 Å². The van der Waals surface area contributed by atoms with E-state index in [4.69, 9.17) is 47.4 Å². The number of hydrogen-bond donors (Lipinski definition) is 0. The molecule has 0 aromatic rings. The molecule has 10 heteroatoms. The standard InChI is InChI=1S/C36H72O10/c1-3-5-6-7-8-9-10-11-12-13-14-15-16-17-18-38-21-22-40-25-26-42-29-30-44-33-34-46-36-35-45-32-31-43-28-27-41-24-23-39-20-19-37-4-2/h4H,2-3,5-36H2,1H3. The van der Waals surface area contributed by atoms with Crippen molar-refractivity contribution in [3.05, 3.63) is 12.8 Å². The van der Waals surface area contributed by atoms with Gasteiger partial charge in [-0.15, -0.1) is 0 Å². The Morgan fingerprint density at radius 3 is 0.761 bits per heavy atom. The van der Waals surface area contributed by atoms with E-state index in [1.807, 2.05) is 0 Å². The van der Waals surface area contributed by atoms with Crippen molar-refractivity contribution in [1.29, 1.82) is 0 Å². The lowest BCUT2D eigenvalue weighted by atomic mass is 10.0. The van der Waals surface area contributed by atoms with Crippen LogP contribution < -0.4 is 0 Å². The zero-order valence-corrected chi connectivity index (χ0v) is 29.7. The average molecular weight is 665 g/mol. The van der Waals surface area contributed by atoms with Gasteiger partial charge < -0.3 is 47.4 Å². The molecule has 276 valence electrons. The summed E-state index contributed by atoms with van der Waals surface area (Å²) in [6, 6.07) is 0. The molecule has 0 radical (unpaired) electrons. The van der Waals surface area contributed by atoms with Gasteiger partial charge in [0.05, 0.1) is 119 Å². The Bertz CT molecular complexity index is 541. The molecule has 0 aliphatic carbocycles. The van der Waals surface area contributed by atoms with Crippen LogP contribution in [0.3, 0.4) is 0 Å². The summed E-state index contributed by atoms with van der Waals surface area (Å²) in [5.74, 6) is 0. The van der Waals surface area contributed by atoms with E-state index in [-0.39, 0.29) is 0 Å². The van der Waals surface area contributed by atoms with Crippen LogP contribution in [0.1, 0.15) is 96.8 Å². The number of rotatable bonds is 43. The predicted octanol–water partition coefficient (Wildman–Crippen LogP) is 6.78. The van der Waals surface area contributed by atoms with Gasteiger partial charge in [0.2, 0.25) is 0 Å². The van der Waals surface area contributed by atoms with Crippen molar-refractivity contribution in [2.75, 3.05) is 126 Å². The number of unbranched alkanes of at least 4 members (excludes halogenated alkanes) is 13. The molecule has 0 aromatic heterocycles. The van der Waals surface area contributed by atoms with E-state index in [1.54, 1.807) is 0 Å². The van der Waals surface area contributed by atoms with Crippen molar-refractivity contribution in [3.63, 3.8) is 0 Å². The van der Waals surface area contributed by atoms with Crippen LogP contribution in [0, 0.1) is 0 Å². The third kappa shape index (κ3) is 43.2. The van der Waals surface area contributed by atoms with Crippen LogP contribution in [-0.2, 0) is 47.4 Å². The fraction of sp³-hybridized carbons (Fsp3) is 0.944. The lowest BCUT2D eigenvalue weighted by Crippen LogP contribution is -2.15. The van der Waals surface area contributed by atoms with E-state index in [0.29, 0.717) is 119 Å². The summed E-state index contributed by atoms with van der Waals surface area (Å²) in [6.07, 6.45) is 20.7. The summed E-state index contributed by atoms with van der Waals surface area (Å²) >= 11 is 0. The van der Waals surface area contributed by atoms with Gasteiger partial charge in [-0.25, -0.2) is 0 Å². The zero-order valence-electron chi connectivity index (χ0n) is 29.7. The van der Waals surface area contributed by atoms with Crippen molar-refractivity contribution >= 4 is 0 Å². The quantitative estimate of drug-likeness (QED) is 0.0513. The van der Waals surface area contributed by atoms with E-state index in [9.17, 15) is 0 Å². The topological polar surface area (TPSA) is 92.3 Å². The van der Waals surface area contributed by atoms with Gasteiger partial charge in [0.1, 0.15) is 6.61 Å². The minimum Gasteiger partial charge on any atom is -0.499 e. The summed E-state index contributed by atoms with van der Waals surface area (Å²) < 4.78 is 54.4. The maximum absolute atomic E-state index is 5.68. The van der Waals surface area contributed by atoms with Gasteiger partial charge in [-0.3, -0.25) is 0 Å². The van der Waals surface area contributed by atoms with Crippen LogP contribution in [0.4, 0.5) is 0 Å². The first-order valence-electron chi connectivity index (χ1n) is 18.3. The summed E-state index contributed by atoms with van der Waals surface area (Å²) in [4.78, 5) is 0. The van der Waals surface area contributed by atoms with Crippen molar-refractivity contribution in [1.82, 2.24) is 0 Å². The molecule has 0 amide bonds. The van der Waals surface area contributed by atoms with Crippen molar-refractivity contribution in [2.45, 2.75) is 96.8 Å². The fourth-order valence-electron chi connectivity index (χ4n) is 4.45. The molecule has 0 heterocycles. The van der Waals surface area contributed by atoms with Crippen LogP contribution in [0.2, 0.25) is 0 Å². The van der Waals surface area contributed by atoms with Crippen molar-refractivity contribution in [3.8, 4) is 0 Å². The van der Waals surface area contributed by atoms with Gasteiger partial charge in [0, 0.05) is 6.61 Å². The Hall–Kier alpha value is -0.820. The molecule has 0 N–H and O–H groups in total. The van der Waals surface area contributed by atoms with Gasteiger partial charge in [0.25, 0.3) is 0 Å². The first-order chi connectivity index (χ1) is 22.9. The Morgan fingerprint density at radius 1 is 0.283 bits per heavy atom.